The fourth-order valence-electron chi connectivity index (χ4n) is 2.91. The van der Waals surface area contributed by atoms with Gasteiger partial charge in [0.05, 0.1) is 6.04 Å². The van der Waals surface area contributed by atoms with Crippen molar-refractivity contribution in [2.45, 2.75) is 26.8 Å². The third-order valence-electron chi connectivity index (χ3n) is 4.38. The molecule has 1 unspecified atom stereocenters. The fraction of sp³-hybridized carbons (Fsp3) is 0.250. The summed E-state index contributed by atoms with van der Waals surface area (Å²) in [6.45, 7) is 6.04. The van der Waals surface area contributed by atoms with Crippen LogP contribution in [0, 0.1) is 20.8 Å². The van der Waals surface area contributed by atoms with Gasteiger partial charge in [0.1, 0.15) is 5.69 Å². The number of hydrogen-bond donors (Lipinski definition) is 1. The van der Waals surface area contributed by atoms with E-state index in [1.165, 1.54) is 5.56 Å². The first kappa shape index (κ1) is 16.9. The minimum absolute atomic E-state index is 0.197. The third kappa shape index (κ3) is 3.60. The number of hydrogen-bond acceptors (Lipinski definition) is 3. The van der Waals surface area contributed by atoms with Gasteiger partial charge in [-0.05, 0) is 49.6 Å². The molecule has 0 radical (unpaired) electrons. The molecule has 0 bridgehead atoms. The second-order valence-electron chi connectivity index (χ2n) is 6.35. The highest BCUT2D eigenvalue weighted by molar-refractivity contribution is 5.93. The average molecular weight is 334 g/mol. The van der Waals surface area contributed by atoms with Gasteiger partial charge in [-0.25, -0.2) is 0 Å². The Morgan fingerprint density at radius 2 is 1.96 bits per heavy atom. The number of aryl methyl sites for hydroxylation is 4. The SMILES string of the molecule is Cc1ccc(C(NC(=O)c2cc(C)n(C)n2)c2cccnc2)c(C)c1. The lowest BCUT2D eigenvalue weighted by atomic mass is 9.94. The molecule has 0 saturated heterocycles. The van der Waals surface area contributed by atoms with Crippen molar-refractivity contribution in [1.29, 1.82) is 0 Å². The zero-order valence-corrected chi connectivity index (χ0v) is 14.9. The Labute approximate surface area is 147 Å². The number of rotatable bonds is 4. The predicted molar refractivity (Wildman–Crippen MR) is 97.4 cm³/mol. The monoisotopic (exact) mass is 334 g/mol. The summed E-state index contributed by atoms with van der Waals surface area (Å²) in [5, 5.41) is 7.39. The Kier molecular flexibility index (Phi) is 4.65. The van der Waals surface area contributed by atoms with Gasteiger partial charge in [0, 0.05) is 25.1 Å². The van der Waals surface area contributed by atoms with E-state index in [9.17, 15) is 4.79 Å². The molecule has 1 atom stereocenters. The average Bonchev–Trinajstić information content (AvgIpc) is 2.93. The summed E-state index contributed by atoms with van der Waals surface area (Å²) in [4.78, 5) is 16.9. The van der Waals surface area contributed by atoms with Crippen LogP contribution in [0.5, 0.6) is 0 Å². The first-order valence-electron chi connectivity index (χ1n) is 8.24. The van der Waals surface area contributed by atoms with Gasteiger partial charge in [-0.1, -0.05) is 29.8 Å². The lowest BCUT2D eigenvalue weighted by molar-refractivity contribution is 0.0937. The Morgan fingerprint density at radius 1 is 1.16 bits per heavy atom. The Morgan fingerprint density at radius 3 is 2.56 bits per heavy atom. The Bertz CT molecular complexity index is 880. The zero-order chi connectivity index (χ0) is 18.0. The summed E-state index contributed by atoms with van der Waals surface area (Å²) in [5.41, 5.74) is 5.67. The maximum absolute atomic E-state index is 12.7. The molecule has 1 amide bonds. The lowest BCUT2D eigenvalue weighted by Crippen LogP contribution is -2.30. The van der Waals surface area contributed by atoms with Crippen LogP contribution in [0.15, 0.2) is 48.8 Å². The van der Waals surface area contributed by atoms with Gasteiger partial charge in [0.2, 0.25) is 0 Å². The normalized spacial score (nSPS) is 12.0. The number of benzene rings is 1. The molecule has 0 aliphatic heterocycles. The van der Waals surface area contributed by atoms with E-state index in [-0.39, 0.29) is 11.9 Å². The molecule has 25 heavy (non-hydrogen) atoms. The number of carbonyl (C=O) groups excluding carboxylic acids is 1. The Hall–Kier alpha value is -2.95. The summed E-state index contributed by atoms with van der Waals surface area (Å²) >= 11 is 0. The summed E-state index contributed by atoms with van der Waals surface area (Å²) in [6.07, 6.45) is 3.51. The van der Waals surface area contributed by atoms with Crippen LogP contribution >= 0.6 is 0 Å². The number of amides is 1. The maximum Gasteiger partial charge on any atom is 0.272 e. The number of nitrogens with zero attached hydrogens (tertiary/aromatic N) is 3. The lowest BCUT2D eigenvalue weighted by Gasteiger charge is -2.21. The first-order chi connectivity index (χ1) is 12.0. The second-order valence-corrected chi connectivity index (χ2v) is 6.35. The molecule has 0 aliphatic rings. The first-order valence-corrected chi connectivity index (χ1v) is 8.24. The molecule has 1 aromatic carbocycles. The molecule has 2 heterocycles. The highest BCUT2D eigenvalue weighted by Crippen LogP contribution is 2.25. The van der Waals surface area contributed by atoms with E-state index in [0.29, 0.717) is 5.69 Å². The summed E-state index contributed by atoms with van der Waals surface area (Å²) in [7, 11) is 1.83. The van der Waals surface area contributed by atoms with Crippen molar-refractivity contribution in [2.24, 2.45) is 7.05 Å². The number of aromatic nitrogens is 3. The largest absolute Gasteiger partial charge is 0.340 e. The molecule has 3 rings (SSSR count). The highest BCUT2D eigenvalue weighted by atomic mass is 16.2. The third-order valence-corrected chi connectivity index (χ3v) is 4.38. The standard InChI is InChI=1S/C20H22N4O/c1-13-7-8-17(14(2)10-13)19(16-6-5-9-21-12-16)22-20(25)18-11-15(3)24(4)23-18/h5-12,19H,1-4H3,(H,22,25). The van der Waals surface area contributed by atoms with Gasteiger partial charge in [-0.3, -0.25) is 14.5 Å². The number of pyridine rings is 1. The van der Waals surface area contributed by atoms with Gasteiger partial charge in [-0.2, -0.15) is 5.10 Å². The van der Waals surface area contributed by atoms with Gasteiger partial charge < -0.3 is 5.32 Å². The van der Waals surface area contributed by atoms with E-state index < -0.39 is 0 Å². The summed E-state index contributed by atoms with van der Waals surface area (Å²) < 4.78 is 1.70. The molecule has 0 aliphatic carbocycles. The van der Waals surface area contributed by atoms with E-state index >= 15 is 0 Å². The van der Waals surface area contributed by atoms with Crippen molar-refractivity contribution in [3.63, 3.8) is 0 Å². The number of carbonyl (C=O) groups is 1. The van der Waals surface area contributed by atoms with Crippen molar-refractivity contribution >= 4 is 5.91 Å². The van der Waals surface area contributed by atoms with E-state index in [0.717, 1.165) is 22.4 Å². The van der Waals surface area contributed by atoms with Gasteiger partial charge >= 0.3 is 0 Å². The molecular weight excluding hydrogens is 312 g/mol. The molecule has 5 nitrogen and oxygen atoms in total. The van der Waals surface area contributed by atoms with Crippen molar-refractivity contribution in [1.82, 2.24) is 20.1 Å². The van der Waals surface area contributed by atoms with E-state index in [1.807, 2.05) is 26.1 Å². The van der Waals surface area contributed by atoms with E-state index in [1.54, 1.807) is 23.1 Å². The van der Waals surface area contributed by atoms with Crippen LogP contribution in [0.3, 0.4) is 0 Å². The molecule has 0 saturated carbocycles. The van der Waals surface area contributed by atoms with E-state index in [2.05, 4.69) is 47.4 Å². The quantitative estimate of drug-likeness (QED) is 0.797. The van der Waals surface area contributed by atoms with Crippen molar-refractivity contribution < 1.29 is 4.79 Å². The second kappa shape index (κ2) is 6.89. The van der Waals surface area contributed by atoms with Crippen molar-refractivity contribution in [3.05, 3.63) is 82.4 Å². The molecule has 5 heteroatoms. The van der Waals surface area contributed by atoms with Gasteiger partial charge in [0.15, 0.2) is 0 Å². The molecule has 3 aromatic rings. The van der Waals surface area contributed by atoms with Crippen LogP contribution in [-0.4, -0.2) is 20.7 Å². The molecule has 0 spiro atoms. The van der Waals surface area contributed by atoms with Crippen LogP contribution in [0.2, 0.25) is 0 Å². The van der Waals surface area contributed by atoms with Gasteiger partial charge in [0.25, 0.3) is 5.91 Å². The summed E-state index contributed by atoms with van der Waals surface area (Å²) in [5.74, 6) is -0.197. The fourth-order valence-corrected chi connectivity index (χ4v) is 2.91. The van der Waals surface area contributed by atoms with Crippen LogP contribution in [0.4, 0.5) is 0 Å². The Balaban J connectivity index is 1.98. The summed E-state index contributed by atoms with van der Waals surface area (Å²) in [6, 6.07) is 11.6. The number of nitrogens with one attached hydrogen (secondary N) is 1. The predicted octanol–water partition coefficient (Wildman–Crippen LogP) is 3.26. The van der Waals surface area contributed by atoms with Crippen LogP contribution in [0.1, 0.15) is 44.5 Å². The minimum atomic E-state index is -0.274. The molecule has 1 N–H and O–H groups in total. The van der Waals surface area contributed by atoms with Crippen LogP contribution < -0.4 is 5.32 Å². The topological polar surface area (TPSA) is 59.8 Å². The van der Waals surface area contributed by atoms with Crippen molar-refractivity contribution in [2.75, 3.05) is 0 Å². The molecule has 128 valence electrons. The smallest absolute Gasteiger partial charge is 0.272 e. The van der Waals surface area contributed by atoms with E-state index in [4.69, 9.17) is 0 Å². The minimum Gasteiger partial charge on any atom is -0.340 e. The van der Waals surface area contributed by atoms with Crippen molar-refractivity contribution in [3.8, 4) is 0 Å². The molecule has 0 fully saturated rings. The molecular formula is C20H22N4O. The zero-order valence-electron chi connectivity index (χ0n) is 14.9. The molecule has 2 aromatic heterocycles. The van der Waals surface area contributed by atoms with Crippen LogP contribution in [0.25, 0.3) is 0 Å². The van der Waals surface area contributed by atoms with Crippen LogP contribution in [-0.2, 0) is 7.05 Å². The van der Waals surface area contributed by atoms with Gasteiger partial charge in [-0.15, -0.1) is 0 Å². The highest BCUT2D eigenvalue weighted by Gasteiger charge is 2.21. The maximum atomic E-state index is 12.7.